The van der Waals surface area contributed by atoms with Gasteiger partial charge in [0.05, 0.1) is 6.04 Å². The van der Waals surface area contributed by atoms with Gasteiger partial charge in [0.25, 0.3) is 0 Å². The molecule has 1 aliphatic heterocycles. The normalized spacial score (nSPS) is 16.1. The second-order valence-corrected chi connectivity index (χ2v) is 10.1. The van der Waals surface area contributed by atoms with Crippen molar-refractivity contribution >= 4 is 5.91 Å². The summed E-state index contributed by atoms with van der Waals surface area (Å²) in [5.74, 6) is 0.0239. The molecule has 3 rings (SSSR count). The molecule has 1 saturated heterocycles. The fraction of sp³-hybridized carbons (Fsp3) is 0.581. The number of hydrogen-bond donors (Lipinski definition) is 2. The van der Waals surface area contributed by atoms with E-state index < -0.39 is 5.60 Å². The molecule has 3 heteroatoms. The summed E-state index contributed by atoms with van der Waals surface area (Å²) < 4.78 is 0. The van der Waals surface area contributed by atoms with Crippen LogP contribution in [0.15, 0.2) is 48.5 Å². The molecule has 0 aliphatic carbocycles. The second kappa shape index (κ2) is 13.7. The van der Waals surface area contributed by atoms with Crippen LogP contribution < -0.4 is 5.32 Å². The summed E-state index contributed by atoms with van der Waals surface area (Å²) in [5.41, 5.74) is 3.14. The molecular formula is C31H45NO2. The predicted molar refractivity (Wildman–Crippen MR) is 142 cm³/mol. The monoisotopic (exact) mass is 463 g/mol. The first-order chi connectivity index (χ1) is 16.6. The van der Waals surface area contributed by atoms with Crippen LogP contribution in [-0.4, -0.2) is 17.1 Å². The van der Waals surface area contributed by atoms with Gasteiger partial charge in [-0.05, 0) is 54.4 Å². The van der Waals surface area contributed by atoms with Gasteiger partial charge in [0.15, 0.2) is 0 Å². The zero-order valence-corrected chi connectivity index (χ0v) is 21.5. The smallest absolute Gasteiger partial charge is 0.220 e. The molecule has 2 aromatic carbocycles. The summed E-state index contributed by atoms with van der Waals surface area (Å²) in [4.78, 5) is 12.0. The number of hydrogen-bond acceptors (Lipinski definition) is 2. The van der Waals surface area contributed by atoms with Gasteiger partial charge < -0.3 is 10.4 Å². The average molecular weight is 464 g/mol. The maximum Gasteiger partial charge on any atom is 0.220 e. The molecule has 3 nitrogen and oxygen atoms in total. The molecule has 2 aromatic rings. The van der Waals surface area contributed by atoms with Gasteiger partial charge in [-0.25, -0.2) is 0 Å². The maximum atomic E-state index is 12.1. The maximum absolute atomic E-state index is 12.1. The highest BCUT2D eigenvalue weighted by atomic mass is 16.3. The first-order valence-electron chi connectivity index (χ1n) is 13.8. The van der Waals surface area contributed by atoms with E-state index in [1.165, 1.54) is 75.3 Å². The molecule has 1 amide bonds. The van der Waals surface area contributed by atoms with Crippen LogP contribution in [0, 0.1) is 0 Å². The average Bonchev–Trinajstić information content (AvgIpc) is 3.31. The van der Waals surface area contributed by atoms with E-state index in [0.29, 0.717) is 12.8 Å². The zero-order chi connectivity index (χ0) is 24.2. The number of rotatable bonds is 15. The van der Waals surface area contributed by atoms with Crippen molar-refractivity contribution in [1.29, 1.82) is 0 Å². The summed E-state index contributed by atoms with van der Waals surface area (Å²) >= 11 is 0. The largest absolute Gasteiger partial charge is 0.378 e. The van der Waals surface area contributed by atoms with E-state index in [1.54, 1.807) is 0 Å². The Bertz CT molecular complexity index is 799. The summed E-state index contributed by atoms with van der Waals surface area (Å²) in [6.45, 7) is 4.49. The second-order valence-electron chi connectivity index (χ2n) is 10.1. The molecule has 1 heterocycles. The minimum Gasteiger partial charge on any atom is -0.378 e. The lowest BCUT2D eigenvalue weighted by atomic mass is 9.79. The molecule has 0 saturated carbocycles. The van der Waals surface area contributed by atoms with Crippen molar-refractivity contribution < 1.29 is 9.90 Å². The van der Waals surface area contributed by atoms with Crippen LogP contribution in [0.25, 0.3) is 0 Å². The SMILES string of the molecule is CCCCCCCc1ccc(C(O)(c2ccc(CCCCCCC)cc2)[C@@H]2CCC(=O)N2)cc1. The van der Waals surface area contributed by atoms with Crippen LogP contribution in [0.5, 0.6) is 0 Å². The molecule has 0 unspecified atom stereocenters. The molecule has 2 N–H and O–H groups in total. The van der Waals surface area contributed by atoms with Crippen LogP contribution in [0.2, 0.25) is 0 Å². The lowest BCUT2D eigenvalue weighted by Crippen LogP contribution is -2.47. The zero-order valence-electron chi connectivity index (χ0n) is 21.5. The van der Waals surface area contributed by atoms with Gasteiger partial charge in [-0.3, -0.25) is 4.79 Å². The molecule has 1 fully saturated rings. The third-order valence-electron chi connectivity index (χ3n) is 7.43. The number of carbonyl (C=O) groups excluding carboxylic acids is 1. The van der Waals surface area contributed by atoms with Gasteiger partial charge >= 0.3 is 0 Å². The third-order valence-corrected chi connectivity index (χ3v) is 7.43. The van der Waals surface area contributed by atoms with E-state index in [4.69, 9.17) is 0 Å². The van der Waals surface area contributed by atoms with E-state index in [2.05, 4.69) is 67.7 Å². The number of carbonyl (C=O) groups is 1. The Morgan fingerprint density at radius 2 is 1.18 bits per heavy atom. The van der Waals surface area contributed by atoms with E-state index in [1.807, 2.05) is 0 Å². The Morgan fingerprint density at radius 3 is 1.56 bits per heavy atom. The van der Waals surface area contributed by atoms with Crippen molar-refractivity contribution in [2.75, 3.05) is 0 Å². The summed E-state index contributed by atoms with van der Waals surface area (Å²) in [6, 6.07) is 16.6. The first-order valence-corrected chi connectivity index (χ1v) is 13.8. The number of unbranched alkanes of at least 4 members (excludes halogenated alkanes) is 8. The predicted octanol–water partition coefficient (Wildman–Crippen LogP) is 7.23. The number of aryl methyl sites for hydroxylation is 2. The van der Waals surface area contributed by atoms with Crippen LogP contribution >= 0.6 is 0 Å². The fourth-order valence-electron chi connectivity index (χ4n) is 5.21. The van der Waals surface area contributed by atoms with Crippen LogP contribution in [-0.2, 0) is 23.2 Å². The lowest BCUT2D eigenvalue weighted by Gasteiger charge is -2.35. The van der Waals surface area contributed by atoms with E-state index in [9.17, 15) is 9.90 Å². The molecule has 0 aromatic heterocycles. The fourth-order valence-corrected chi connectivity index (χ4v) is 5.21. The van der Waals surface area contributed by atoms with Crippen LogP contribution in [0.3, 0.4) is 0 Å². The Morgan fingerprint density at radius 1 is 0.735 bits per heavy atom. The quantitative estimate of drug-likeness (QED) is 0.274. The van der Waals surface area contributed by atoms with Crippen molar-refractivity contribution in [3.05, 3.63) is 70.8 Å². The van der Waals surface area contributed by atoms with Gasteiger partial charge in [-0.15, -0.1) is 0 Å². The number of nitrogens with one attached hydrogen (secondary N) is 1. The van der Waals surface area contributed by atoms with Gasteiger partial charge in [0.1, 0.15) is 5.60 Å². The Hall–Kier alpha value is -2.13. The standard InChI is InChI=1S/C31H45NO2/c1-3-5-7-9-11-13-25-15-19-27(20-16-25)31(34,29-23-24-30(33)32-29)28-21-17-26(18-22-28)14-12-10-8-6-4-2/h15-22,29,34H,3-14,23-24H2,1-2H3,(H,32,33)/t29-/m0/s1. The van der Waals surface area contributed by atoms with E-state index in [0.717, 1.165) is 24.0 Å². The molecule has 186 valence electrons. The highest BCUT2D eigenvalue weighted by molar-refractivity contribution is 5.79. The summed E-state index contributed by atoms with van der Waals surface area (Å²) in [5, 5.41) is 15.1. The topological polar surface area (TPSA) is 49.3 Å². The Labute approximate surface area is 207 Å². The van der Waals surface area contributed by atoms with E-state index >= 15 is 0 Å². The third kappa shape index (κ3) is 7.18. The molecule has 0 radical (unpaired) electrons. The minimum absolute atomic E-state index is 0.0239. The van der Waals surface area contributed by atoms with Gasteiger partial charge in [0.2, 0.25) is 5.91 Å². The first kappa shape index (κ1) is 26.5. The molecule has 1 aliphatic rings. The van der Waals surface area contributed by atoms with Crippen molar-refractivity contribution in [2.24, 2.45) is 0 Å². The molecule has 1 atom stereocenters. The van der Waals surface area contributed by atoms with E-state index in [-0.39, 0.29) is 11.9 Å². The molecule has 0 bridgehead atoms. The number of amides is 1. The van der Waals surface area contributed by atoms with Crippen molar-refractivity contribution in [2.45, 2.75) is 115 Å². The lowest BCUT2D eigenvalue weighted by molar-refractivity contribution is -0.120. The Kier molecular flexibility index (Phi) is 10.7. The van der Waals surface area contributed by atoms with Gasteiger partial charge in [-0.2, -0.15) is 0 Å². The molecular weight excluding hydrogens is 418 g/mol. The van der Waals surface area contributed by atoms with Crippen molar-refractivity contribution in [3.8, 4) is 0 Å². The van der Waals surface area contributed by atoms with Crippen molar-refractivity contribution in [1.82, 2.24) is 5.32 Å². The van der Waals surface area contributed by atoms with Crippen LogP contribution in [0.1, 0.15) is 113 Å². The van der Waals surface area contributed by atoms with Crippen LogP contribution in [0.4, 0.5) is 0 Å². The summed E-state index contributed by atoms with van der Waals surface area (Å²) in [6.07, 6.45) is 16.0. The van der Waals surface area contributed by atoms with Crippen molar-refractivity contribution in [3.63, 3.8) is 0 Å². The van der Waals surface area contributed by atoms with Gasteiger partial charge in [-0.1, -0.05) is 114 Å². The number of benzene rings is 2. The molecule has 0 spiro atoms. The highest BCUT2D eigenvalue weighted by Crippen LogP contribution is 2.37. The minimum atomic E-state index is -1.22. The highest BCUT2D eigenvalue weighted by Gasteiger charge is 2.43. The van der Waals surface area contributed by atoms with Gasteiger partial charge in [0, 0.05) is 6.42 Å². The number of aliphatic hydroxyl groups is 1. The molecule has 34 heavy (non-hydrogen) atoms. The summed E-state index contributed by atoms with van der Waals surface area (Å²) in [7, 11) is 0. The Balaban J connectivity index is 1.72.